The number of likely N-dealkylation sites (tertiary alicyclic amines) is 1. The second-order valence-corrected chi connectivity index (χ2v) is 8.79. The number of carbonyl (C=O) groups excluding carboxylic acids is 1. The Labute approximate surface area is 165 Å². The van der Waals surface area contributed by atoms with E-state index in [0.29, 0.717) is 24.8 Å². The van der Waals surface area contributed by atoms with Crippen LogP contribution < -0.4 is 5.32 Å². The van der Waals surface area contributed by atoms with Crippen LogP contribution in [0.1, 0.15) is 58.3 Å². The third-order valence-electron chi connectivity index (χ3n) is 7.12. The lowest BCUT2D eigenvalue weighted by molar-refractivity contribution is -0.149. The first-order chi connectivity index (χ1) is 13.5. The summed E-state index contributed by atoms with van der Waals surface area (Å²) < 4.78 is 0. The van der Waals surface area contributed by atoms with E-state index in [1.165, 1.54) is 6.42 Å². The minimum Gasteiger partial charge on any atom is -0.480 e. The van der Waals surface area contributed by atoms with Crippen LogP contribution in [0.4, 0.5) is 5.95 Å². The Morgan fingerprint density at radius 3 is 2.57 bits per heavy atom. The number of carboxylic acid groups (broad SMARTS) is 1. The molecule has 1 aliphatic heterocycles. The molecule has 0 unspecified atom stereocenters. The van der Waals surface area contributed by atoms with Crippen molar-refractivity contribution in [2.24, 2.45) is 17.3 Å². The molecule has 2 aliphatic carbocycles. The highest BCUT2D eigenvalue weighted by Crippen LogP contribution is 2.61. The molecule has 7 heteroatoms. The van der Waals surface area contributed by atoms with Crippen molar-refractivity contribution in [1.29, 1.82) is 0 Å². The molecule has 0 bridgehead atoms. The van der Waals surface area contributed by atoms with Gasteiger partial charge in [-0.15, -0.1) is 0 Å². The van der Waals surface area contributed by atoms with Crippen molar-refractivity contribution < 1.29 is 14.7 Å². The minimum absolute atomic E-state index is 0.0217. The molecule has 1 amide bonds. The van der Waals surface area contributed by atoms with Crippen molar-refractivity contribution in [1.82, 2.24) is 14.9 Å². The van der Waals surface area contributed by atoms with E-state index >= 15 is 0 Å². The number of hydrogen-bond donors (Lipinski definition) is 2. The third-order valence-corrected chi connectivity index (χ3v) is 7.12. The summed E-state index contributed by atoms with van der Waals surface area (Å²) in [6.07, 6.45) is 11.4. The van der Waals surface area contributed by atoms with Gasteiger partial charge in [-0.3, -0.25) is 4.79 Å². The van der Waals surface area contributed by atoms with Gasteiger partial charge in [0.05, 0.1) is 0 Å². The number of hydrogen-bond acceptors (Lipinski definition) is 5. The van der Waals surface area contributed by atoms with Crippen LogP contribution in [-0.2, 0) is 9.59 Å². The molecule has 152 valence electrons. The number of nitrogens with zero attached hydrogens (tertiary/aromatic N) is 3. The number of aromatic nitrogens is 2. The van der Waals surface area contributed by atoms with E-state index in [2.05, 4.69) is 22.2 Å². The smallest absolute Gasteiger partial charge is 0.326 e. The number of amides is 1. The van der Waals surface area contributed by atoms with Gasteiger partial charge in [-0.05, 0) is 49.0 Å². The van der Waals surface area contributed by atoms with Crippen molar-refractivity contribution in [2.45, 2.75) is 70.4 Å². The molecule has 7 nitrogen and oxygen atoms in total. The normalized spacial score (nSPS) is 31.0. The third kappa shape index (κ3) is 3.59. The Kier molecular flexibility index (Phi) is 5.25. The van der Waals surface area contributed by atoms with Crippen molar-refractivity contribution in [2.75, 3.05) is 11.9 Å². The van der Waals surface area contributed by atoms with Crippen LogP contribution in [0.15, 0.2) is 18.5 Å². The van der Waals surface area contributed by atoms with Gasteiger partial charge in [-0.2, -0.15) is 0 Å². The molecule has 4 atom stereocenters. The zero-order valence-electron chi connectivity index (χ0n) is 16.5. The predicted octanol–water partition coefficient (Wildman–Crippen LogP) is 2.94. The van der Waals surface area contributed by atoms with Gasteiger partial charge in [0.1, 0.15) is 12.1 Å². The number of nitrogens with one attached hydrogen (secondary N) is 1. The van der Waals surface area contributed by atoms with Gasteiger partial charge in [-0.25, -0.2) is 14.8 Å². The zero-order chi connectivity index (χ0) is 19.7. The summed E-state index contributed by atoms with van der Waals surface area (Å²) in [7, 11) is 0. The molecule has 2 heterocycles. The second kappa shape index (κ2) is 7.68. The highest BCUT2D eigenvalue weighted by Gasteiger charge is 2.62. The van der Waals surface area contributed by atoms with Crippen LogP contribution >= 0.6 is 0 Å². The average molecular weight is 386 g/mol. The first-order valence-corrected chi connectivity index (χ1v) is 10.6. The fourth-order valence-corrected chi connectivity index (χ4v) is 5.45. The maximum absolute atomic E-state index is 13.6. The van der Waals surface area contributed by atoms with Crippen LogP contribution in [0.2, 0.25) is 0 Å². The van der Waals surface area contributed by atoms with Gasteiger partial charge >= 0.3 is 5.97 Å². The molecule has 1 aromatic heterocycles. The maximum atomic E-state index is 13.6. The van der Waals surface area contributed by atoms with Gasteiger partial charge in [0.25, 0.3) is 0 Å². The molecule has 3 fully saturated rings. The largest absolute Gasteiger partial charge is 0.480 e. The Balaban J connectivity index is 1.57. The minimum atomic E-state index is -0.884. The predicted molar refractivity (Wildman–Crippen MR) is 105 cm³/mol. The first-order valence-electron chi connectivity index (χ1n) is 10.6. The maximum Gasteiger partial charge on any atom is 0.326 e. The molecule has 28 heavy (non-hydrogen) atoms. The number of rotatable bonds is 6. The van der Waals surface area contributed by atoms with Crippen molar-refractivity contribution in [3.05, 3.63) is 18.5 Å². The van der Waals surface area contributed by atoms with Crippen LogP contribution in [0.3, 0.4) is 0 Å². The molecule has 2 saturated carbocycles. The Morgan fingerprint density at radius 2 is 1.96 bits per heavy atom. The zero-order valence-corrected chi connectivity index (χ0v) is 16.5. The lowest BCUT2D eigenvalue weighted by atomic mass is 9.83. The van der Waals surface area contributed by atoms with E-state index in [-0.39, 0.29) is 17.2 Å². The summed E-state index contributed by atoms with van der Waals surface area (Å²) in [6, 6.07) is 0.567. The summed E-state index contributed by atoms with van der Waals surface area (Å²) in [4.78, 5) is 35.7. The molecule has 0 radical (unpaired) electrons. The van der Waals surface area contributed by atoms with E-state index in [1.807, 2.05) is 0 Å². The summed E-state index contributed by atoms with van der Waals surface area (Å²) >= 11 is 0. The van der Waals surface area contributed by atoms with Gasteiger partial charge < -0.3 is 15.3 Å². The molecule has 2 N–H and O–H groups in total. The summed E-state index contributed by atoms with van der Waals surface area (Å²) in [5.41, 5.74) is 0.0217. The molecular weight excluding hydrogens is 356 g/mol. The van der Waals surface area contributed by atoms with E-state index in [9.17, 15) is 14.7 Å². The van der Waals surface area contributed by atoms with Crippen molar-refractivity contribution in [3.8, 4) is 0 Å². The van der Waals surface area contributed by atoms with Crippen LogP contribution in [0.5, 0.6) is 0 Å². The molecule has 1 aromatic rings. The van der Waals surface area contributed by atoms with E-state index in [1.54, 1.807) is 23.4 Å². The van der Waals surface area contributed by atoms with E-state index < -0.39 is 18.1 Å². The summed E-state index contributed by atoms with van der Waals surface area (Å²) in [5, 5.41) is 13.0. The number of aliphatic carboxylic acids is 1. The van der Waals surface area contributed by atoms with Gasteiger partial charge in [0.15, 0.2) is 0 Å². The molecule has 0 aromatic carbocycles. The second-order valence-electron chi connectivity index (χ2n) is 8.79. The van der Waals surface area contributed by atoms with Gasteiger partial charge in [-0.1, -0.05) is 32.6 Å². The standard InChI is InChI=1S/C21H30N4O3/c1-2-15-11-21(15)12-16(19(27)28)25(13-21)18(26)17(14-7-4-3-5-8-14)24-20-22-9-6-10-23-20/h6,9-10,14-17H,2-5,7-8,11-13H2,1H3,(H,27,28)(H,22,23,24)/t15-,16+,17+,21-/m1/s1. The van der Waals surface area contributed by atoms with Gasteiger partial charge in [0.2, 0.25) is 11.9 Å². The average Bonchev–Trinajstić information content (AvgIpc) is 3.26. The fourth-order valence-electron chi connectivity index (χ4n) is 5.45. The van der Waals surface area contributed by atoms with E-state index in [0.717, 1.165) is 38.5 Å². The van der Waals surface area contributed by atoms with Crippen LogP contribution in [0, 0.1) is 17.3 Å². The number of carboxylic acids is 1. The number of anilines is 1. The Hall–Kier alpha value is -2.18. The Morgan fingerprint density at radius 1 is 1.25 bits per heavy atom. The molecule has 1 spiro atoms. The van der Waals surface area contributed by atoms with Crippen molar-refractivity contribution in [3.63, 3.8) is 0 Å². The quantitative estimate of drug-likeness (QED) is 0.780. The molecule has 4 rings (SSSR count). The number of carbonyl (C=O) groups is 2. The molecular formula is C21H30N4O3. The SMILES string of the molecule is CC[C@@H]1C[C@]12C[C@@H](C(=O)O)N(C(=O)[C@@H](Nc1ncccn1)C1CCCCC1)C2. The molecule has 3 aliphatic rings. The topological polar surface area (TPSA) is 95.4 Å². The molecule has 1 saturated heterocycles. The van der Waals surface area contributed by atoms with Crippen LogP contribution in [0.25, 0.3) is 0 Å². The highest BCUT2D eigenvalue weighted by molar-refractivity contribution is 5.89. The van der Waals surface area contributed by atoms with Crippen molar-refractivity contribution >= 4 is 17.8 Å². The Bertz CT molecular complexity index is 722. The fraction of sp³-hybridized carbons (Fsp3) is 0.714. The summed E-state index contributed by atoms with van der Waals surface area (Å²) in [5.74, 6) is 0.198. The monoisotopic (exact) mass is 386 g/mol. The van der Waals surface area contributed by atoms with E-state index in [4.69, 9.17) is 0 Å². The van der Waals surface area contributed by atoms with Gasteiger partial charge in [0, 0.05) is 18.9 Å². The lowest BCUT2D eigenvalue weighted by Gasteiger charge is -2.34. The lowest BCUT2D eigenvalue weighted by Crippen LogP contribution is -2.51. The highest BCUT2D eigenvalue weighted by atomic mass is 16.4. The first kappa shape index (κ1) is 19.2. The summed E-state index contributed by atoms with van der Waals surface area (Å²) in [6.45, 7) is 2.72. The van der Waals surface area contributed by atoms with Crippen LogP contribution in [-0.4, -0.2) is 50.5 Å².